The summed E-state index contributed by atoms with van der Waals surface area (Å²) in [6.45, 7) is -0.117. The third kappa shape index (κ3) is 2.70. The van der Waals surface area contributed by atoms with Gasteiger partial charge in [-0.25, -0.2) is 9.37 Å². The number of pyridine rings is 1. The zero-order valence-corrected chi connectivity index (χ0v) is 9.43. The number of hydrogen-bond acceptors (Lipinski definition) is 3. The highest BCUT2D eigenvalue weighted by molar-refractivity contribution is 6.03. The number of carbonyl (C=O) groups is 1. The molecule has 0 atom stereocenters. The van der Waals surface area contributed by atoms with Gasteiger partial charge < -0.3 is 10.4 Å². The topological polar surface area (TPSA) is 62.2 Å². The van der Waals surface area contributed by atoms with Crippen LogP contribution in [-0.2, 0) is 6.61 Å². The van der Waals surface area contributed by atoms with E-state index in [1.54, 1.807) is 18.2 Å². The van der Waals surface area contributed by atoms with Crippen molar-refractivity contribution in [1.29, 1.82) is 0 Å². The lowest BCUT2D eigenvalue weighted by molar-refractivity contribution is 0.102. The van der Waals surface area contributed by atoms with Gasteiger partial charge in [0.25, 0.3) is 5.91 Å². The molecule has 4 nitrogen and oxygen atoms in total. The number of aromatic nitrogens is 1. The number of aliphatic hydroxyl groups is 1. The molecule has 0 aliphatic heterocycles. The van der Waals surface area contributed by atoms with Crippen LogP contribution in [0, 0.1) is 5.82 Å². The quantitative estimate of drug-likeness (QED) is 0.870. The minimum Gasteiger partial charge on any atom is -0.392 e. The van der Waals surface area contributed by atoms with Crippen LogP contribution < -0.4 is 5.32 Å². The Morgan fingerprint density at radius 1 is 1.28 bits per heavy atom. The summed E-state index contributed by atoms with van der Waals surface area (Å²) in [6, 6.07) is 8.89. The van der Waals surface area contributed by atoms with Gasteiger partial charge in [0.2, 0.25) is 0 Å². The first-order chi connectivity index (χ1) is 8.70. The first-order valence-corrected chi connectivity index (χ1v) is 5.32. The number of nitrogens with zero attached hydrogens (tertiary/aromatic N) is 1. The van der Waals surface area contributed by atoms with E-state index in [-0.39, 0.29) is 12.2 Å². The normalized spacial score (nSPS) is 10.1. The van der Waals surface area contributed by atoms with Crippen molar-refractivity contribution in [3.63, 3.8) is 0 Å². The fraction of sp³-hybridized carbons (Fsp3) is 0.0769. The van der Waals surface area contributed by atoms with Crippen molar-refractivity contribution in [2.45, 2.75) is 6.61 Å². The summed E-state index contributed by atoms with van der Waals surface area (Å²) in [5.41, 5.74) is 0.601. The molecule has 0 saturated carbocycles. The van der Waals surface area contributed by atoms with Crippen LogP contribution in [0.15, 0.2) is 42.6 Å². The largest absolute Gasteiger partial charge is 0.392 e. The number of anilines is 1. The minimum absolute atomic E-state index is 0.0365. The van der Waals surface area contributed by atoms with Crippen LogP contribution in [0.4, 0.5) is 10.2 Å². The first-order valence-electron chi connectivity index (χ1n) is 5.32. The number of amides is 1. The van der Waals surface area contributed by atoms with Crippen LogP contribution >= 0.6 is 0 Å². The highest BCUT2D eigenvalue weighted by atomic mass is 19.1. The number of rotatable bonds is 3. The molecule has 0 spiro atoms. The van der Waals surface area contributed by atoms with Crippen molar-refractivity contribution in [3.05, 3.63) is 59.5 Å². The molecule has 5 heteroatoms. The number of halogens is 1. The molecule has 0 aliphatic rings. The summed E-state index contributed by atoms with van der Waals surface area (Å²) in [6.07, 6.45) is 1.44. The second-order valence-electron chi connectivity index (χ2n) is 3.64. The Balaban J connectivity index is 2.14. The Labute approximate surface area is 103 Å². The van der Waals surface area contributed by atoms with Gasteiger partial charge in [0.05, 0.1) is 12.2 Å². The van der Waals surface area contributed by atoms with Crippen LogP contribution in [0.1, 0.15) is 15.9 Å². The summed E-state index contributed by atoms with van der Waals surface area (Å²) >= 11 is 0. The van der Waals surface area contributed by atoms with Crippen molar-refractivity contribution in [1.82, 2.24) is 4.98 Å². The van der Waals surface area contributed by atoms with Gasteiger partial charge in [-0.15, -0.1) is 0 Å². The van der Waals surface area contributed by atoms with Crippen molar-refractivity contribution < 1.29 is 14.3 Å². The average Bonchev–Trinajstić information content (AvgIpc) is 2.40. The summed E-state index contributed by atoms with van der Waals surface area (Å²) < 4.78 is 13.3. The van der Waals surface area contributed by atoms with Gasteiger partial charge in [-0.3, -0.25) is 4.79 Å². The Bertz CT molecular complexity index is 555. The maximum absolute atomic E-state index is 13.3. The highest BCUT2D eigenvalue weighted by Crippen LogP contribution is 2.10. The SMILES string of the molecule is O=C(Nc1ccc(CO)cn1)c1ccccc1F. The molecule has 1 aromatic heterocycles. The Morgan fingerprint density at radius 2 is 2.06 bits per heavy atom. The van der Waals surface area contributed by atoms with Crippen molar-refractivity contribution in [2.75, 3.05) is 5.32 Å². The predicted molar refractivity (Wildman–Crippen MR) is 64.5 cm³/mol. The molecule has 2 rings (SSSR count). The number of hydrogen-bond donors (Lipinski definition) is 2. The zero-order valence-electron chi connectivity index (χ0n) is 9.43. The van der Waals surface area contributed by atoms with E-state index in [2.05, 4.69) is 10.3 Å². The highest BCUT2D eigenvalue weighted by Gasteiger charge is 2.11. The van der Waals surface area contributed by atoms with Gasteiger partial charge in [0.1, 0.15) is 11.6 Å². The van der Waals surface area contributed by atoms with Crippen molar-refractivity contribution in [2.24, 2.45) is 0 Å². The summed E-state index contributed by atoms with van der Waals surface area (Å²) in [4.78, 5) is 15.7. The Hall–Kier alpha value is -2.27. The molecule has 1 aromatic carbocycles. The third-order valence-corrected chi connectivity index (χ3v) is 2.37. The van der Waals surface area contributed by atoms with Gasteiger partial charge in [-0.05, 0) is 23.8 Å². The maximum atomic E-state index is 13.3. The smallest absolute Gasteiger partial charge is 0.259 e. The van der Waals surface area contributed by atoms with E-state index in [4.69, 9.17) is 5.11 Å². The first kappa shape index (κ1) is 12.2. The monoisotopic (exact) mass is 246 g/mol. The van der Waals surface area contributed by atoms with Crippen LogP contribution in [0.5, 0.6) is 0 Å². The lowest BCUT2D eigenvalue weighted by atomic mass is 10.2. The second kappa shape index (κ2) is 5.37. The fourth-order valence-electron chi connectivity index (χ4n) is 1.42. The molecule has 0 saturated heterocycles. The molecule has 0 fully saturated rings. The second-order valence-corrected chi connectivity index (χ2v) is 3.64. The van der Waals surface area contributed by atoms with Crippen LogP contribution in [0.2, 0.25) is 0 Å². The standard InChI is InChI=1S/C13H11FN2O2/c14-11-4-2-1-3-10(11)13(18)16-12-6-5-9(8-17)7-15-12/h1-7,17H,8H2,(H,15,16,18). The van der Waals surface area contributed by atoms with E-state index in [0.29, 0.717) is 11.4 Å². The number of benzene rings is 1. The molecule has 0 unspecified atom stereocenters. The maximum Gasteiger partial charge on any atom is 0.259 e. The summed E-state index contributed by atoms with van der Waals surface area (Å²) in [5, 5.41) is 11.3. The Morgan fingerprint density at radius 3 is 2.67 bits per heavy atom. The van der Waals surface area contributed by atoms with E-state index in [0.717, 1.165) is 0 Å². The van der Waals surface area contributed by atoms with Gasteiger partial charge >= 0.3 is 0 Å². The minimum atomic E-state index is -0.582. The molecule has 0 aliphatic carbocycles. The van der Waals surface area contributed by atoms with E-state index in [9.17, 15) is 9.18 Å². The number of carbonyl (C=O) groups excluding carboxylic acids is 1. The molecule has 1 heterocycles. The van der Waals surface area contributed by atoms with E-state index < -0.39 is 11.7 Å². The van der Waals surface area contributed by atoms with Gasteiger partial charge in [-0.1, -0.05) is 18.2 Å². The average molecular weight is 246 g/mol. The summed E-state index contributed by atoms with van der Waals surface area (Å²) in [5.74, 6) is -0.834. The summed E-state index contributed by atoms with van der Waals surface area (Å²) in [7, 11) is 0. The fourth-order valence-corrected chi connectivity index (χ4v) is 1.42. The molecule has 18 heavy (non-hydrogen) atoms. The van der Waals surface area contributed by atoms with Gasteiger partial charge in [0.15, 0.2) is 0 Å². The number of aliphatic hydroxyl groups excluding tert-OH is 1. The molecule has 0 radical (unpaired) electrons. The molecule has 0 bridgehead atoms. The van der Waals surface area contributed by atoms with Crippen molar-refractivity contribution in [3.8, 4) is 0 Å². The molecule has 1 amide bonds. The van der Waals surface area contributed by atoms with Crippen molar-refractivity contribution >= 4 is 11.7 Å². The van der Waals surface area contributed by atoms with E-state index >= 15 is 0 Å². The zero-order chi connectivity index (χ0) is 13.0. The molecule has 92 valence electrons. The number of nitrogens with one attached hydrogen (secondary N) is 1. The lowest BCUT2D eigenvalue weighted by Crippen LogP contribution is -2.14. The van der Waals surface area contributed by atoms with Crippen LogP contribution in [-0.4, -0.2) is 16.0 Å². The van der Waals surface area contributed by atoms with Gasteiger partial charge in [-0.2, -0.15) is 0 Å². The van der Waals surface area contributed by atoms with Crippen LogP contribution in [0.25, 0.3) is 0 Å². The van der Waals surface area contributed by atoms with Crippen LogP contribution in [0.3, 0.4) is 0 Å². The molecule has 2 aromatic rings. The molecule has 2 N–H and O–H groups in total. The molecular weight excluding hydrogens is 235 g/mol. The lowest BCUT2D eigenvalue weighted by Gasteiger charge is -2.05. The third-order valence-electron chi connectivity index (χ3n) is 2.37. The molecular formula is C13H11FN2O2. The predicted octanol–water partition coefficient (Wildman–Crippen LogP) is 1.97. The van der Waals surface area contributed by atoms with E-state index in [1.807, 2.05) is 0 Å². The van der Waals surface area contributed by atoms with Gasteiger partial charge in [0, 0.05) is 6.20 Å². The van der Waals surface area contributed by atoms with E-state index in [1.165, 1.54) is 24.4 Å². The Kier molecular flexibility index (Phi) is 3.64.